The Balaban J connectivity index is 1.98. The van der Waals surface area contributed by atoms with E-state index in [1.807, 2.05) is 31.3 Å². The number of rotatable bonds is 8. The van der Waals surface area contributed by atoms with E-state index in [4.69, 9.17) is 4.74 Å². The smallest absolute Gasteiger partial charge is 0.245 e. The monoisotopic (exact) mass is 362 g/mol. The highest BCUT2D eigenvalue weighted by atomic mass is 16.5. The zero-order valence-corrected chi connectivity index (χ0v) is 15.8. The molecule has 0 aliphatic heterocycles. The second kappa shape index (κ2) is 9.31. The van der Waals surface area contributed by atoms with E-state index in [2.05, 4.69) is 59.2 Å². The number of likely N-dealkylation sites (N-methyl/N-ethyl adjacent to an activating group) is 2. The molecule has 140 valence electrons. The number of ether oxygens (including phenoxy) is 1. The number of carbonyl (C=O) groups is 1. The van der Waals surface area contributed by atoms with Crippen LogP contribution in [-0.4, -0.2) is 33.2 Å². The van der Waals surface area contributed by atoms with Gasteiger partial charge in [-0.25, -0.2) is 0 Å². The molecule has 0 fully saturated rings. The van der Waals surface area contributed by atoms with Crippen molar-refractivity contribution in [1.29, 1.82) is 0 Å². The fourth-order valence-electron chi connectivity index (χ4n) is 3.38. The SMILES string of the molecule is CNC[C@H](c1ccc2ccccc2c1)[C@H](OCC(=O)NC)c1ccccc1. The Hall–Kier alpha value is -2.69. The molecule has 3 rings (SSSR count). The summed E-state index contributed by atoms with van der Waals surface area (Å²) in [6, 6.07) is 25.0. The maximum atomic E-state index is 11.8. The van der Waals surface area contributed by atoms with Crippen LogP contribution in [0.5, 0.6) is 0 Å². The number of hydrogen-bond donors (Lipinski definition) is 2. The summed E-state index contributed by atoms with van der Waals surface area (Å²) < 4.78 is 6.11. The Morgan fingerprint density at radius 3 is 2.30 bits per heavy atom. The largest absolute Gasteiger partial charge is 0.363 e. The summed E-state index contributed by atoms with van der Waals surface area (Å²) in [7, 11) is 3.56. The molecule has 0 saturated heterocycles. The molecule has 1 amide bonds. The highest BCUT2D eigenvalue weighted by molar-refractivity contribution is 5.83. The van der Waals surface area contributed by atoms with Gasteiger partial charge in [0.25, 0.3) is 0 Å². The van der Waals surface area contributed by atoms with Crippen molar-refractivity contribution in [3.05, 3.63) is 83.9 Å². The van der Waals surface area contributed by atoms with Crippen LogP contribution in [0.3, 0.4) is 0 Å². The minimum atomic E-state index is -0.225. The van der Waals surface area contributed by atoms with Gasteiger partial charge in [0.05, 0.1) is 6.10 Å². The van der Waals surface area contributed by atoms with Crippen molar-refractivity contribution in [2.75, 3.05) is 27.2 Å². The zero-order chi connectivity index (χ0) is 19.1. The van der Waals surface area contributed by atoms with E-state index in [9.17, 15) is 4.79 Å². The van der Waals surface area contributed by atoms with Gasteiger partial charge in [-0.2, -0.15) is 0 Å². The molecule has 3 aromatic rings. The van der Waals surface area contributed by atoms with Gasteiger partial charge in [0.1, 0.15) is 6.61 Å². The Labute approximate surface area is 160 Å². The topological polar surface area (TPSA) is 50.4 Å². The normalized spacial score (nSPS) is 13.3. The van der Waals surface area contributed by atoms with Crippen LogP contribution in [0, 0.1) is 0 Å². The summed E-state index contributed by atoms with van der Waals surface area (Å²) in [6.07, 6.45) is -0.225. The van der Waals surface area contributed by atoms with E-state index in [0.29, 0.717) is 0 Å². The molecule has 0 spiro atoms. The van der Waals surface area contributed by atoms with Gasteiger partial charge >= 0.3 is 0 Å². The van der Waals surface area contributed by atoms with Crippen molar-refractivity contribution in [1.82, 2.24) is 10.6 Å². The molecule has 0 bridgehead atoms. The maximum absolute atomic E-state index is 11.8. The van der Waals surface area contributed by atoms with Crippen LogP contribution >= 0.6 is 0 Å². The summed E-state index contributed by atoms with van der Waals surface area (Å²) in [5, 5.41) is 8.33. The third-order valence-corrected chi connectivity index (χ3v) is 4.79. The van der Waals surface area contributed by atoms with Gasteiger partial charge in [-0.1, -0.05) is 72.8 Å². The predicted octanol–water partition coefficient (Wildman–Crippen LogP) is 3.65. The molecule has 0 aromatic heterocycles. The van der Waals surface area contributed by atoms with Gasteiger partial charge in [-0.3, -0.25) is 4.79 Å². The van der Waals surface area contributed by atoms with Crippen molar-refractivity contribution in [3.63, 3.8) is 0 Å². The quantitative estimate of drug-likeness (QED) is 0.643. The average Bonchev–Trinajstić information content (AvgIpc) is 2.73. The van der Waals surface area contributed by atoms with Gasteiger partial charge in [-0.15, -0.1) is 0 Å². The molecule has 0 heterocycles. The summed E-state index contributed by atoms with van der Waals surface area (Å²) in [5.74, 6) is -0.0516. The number of hydrogen-bond acceptors (Lipinski definition) is 3. The first-order valence-corrected chi connectivity index (χ1v) is 9.23. The van der Waals surface area contributed by atoms with Crippen molar-refractivity contribution in [3.8, 4) is 0 Å². The Kier molecular flexibility index (Phi) is 6.58. The average molecular weight is 362 g/mol. The number of carbonyl (C=O) groups excluding carboxylic acids is 1. The molecule has 4 nitrogen and oxygen atoms in total. The van der Waals surface area contributed by atoms with Crippen LogP contribution in [0.2, 0.25) is 0 Å². The van der Waals surface area contributed by atoms with Crippen molar-refractivity contribution in [2.24, 2.45) is 0 Å². The van der Waals surface area contributed by atoms with Crippen LogP contribution in [-0.2, 0) is 9.53 Å². The highest BCUT2D eigenvalue weighted by Gasteiger charge is 2.26. The molecule has 4 heteroatoms. The maximum Gasteiger partial charge on any atom is 0.245 e. The molecule has 0 saturated carbocycles. The first kappa shape index (κ1) is 19.1. The Morgan fingerprint density at radius 1 is 0.889 bits per heavy atom. The van der Waals surface area contributed by atoms with Gasteiger partial charge in [0.15, 0.2) is 0 Å². The third-order valence-electron chi connectivity index (χ3n) is 4.79. The summed E-state index contributed by atoms with van der Waals surface area (Å²) in [4.78, 5) is 11.8. The summed E-state index contributed by atoms with van der Waals surface area (Å²) in [5.41, 5.74) is 2.25. The highest BCUT2D eigenvalue weighted by Crippen LogP contribution is 2.35. The minimum Gasteiger partial charge on any atom is -0.363 e. The van der Waals surface area contributed by atoms with Crippen LogP contribution < -0.4 is 10.6 Å². The van der Waals surface area contributed by atoms with Crippen LogP contribution in [0.25, 0.3) is 10.8 Å². The summed E-state index contributed by atoms with van der Waals surface area (Å²) >= 11 is 0. The van der Waals surface area contributed by atoms with E-state index in [0.717, 1.165) is 12.1 Å². The Morgan fingerprint density at radius 2 is 1.59 bits per heavy atom. The van der Waals surface area contributed by atoms with E-state index in [1.54, 1.807) is 7.05 Å². The standard InChI is InChI=1S/C23H26N2O2/c1-24-15-21(20-13-12-17-8-6-7-11-19(17)14-20)23(27-16-22(26)25-2)18-9-4-3-5-10-18/h3-14,21,23-24H,15-16H2,1-2H3,(H,25,26)/t21-,23-/m1/s1. The van der Waals surface area contributed by atoms with Crippen LogP contribution in [0.15, 0.2) is 72.8 Å². The second-order valence-corrected chi connectivity index (χ2v) is 6.59. The Bertz CT molecular complexity index is 880. The molecular weight excluding hydrogens is 336 g/mol. The number of fused-ring (bicyclic) bond motifs is 1. The fourth-order valence-corrected chi connectivity index (χ4v) is 3.38. The first-order chi connectivity index (χ1) is 13.2. The van der Waals surface area contributed by atoms with Crippen molar-refractivity contribution >= 4 is 16.7 Å². The van der Waals surface area contributed by atoms with Gasteiger partial charge < -0.3 is 15.4 Å². The van der Waals surface area contributed by atoms with Gasteiger partial charge in [-0.05, 0) is 28.9 Å². The van der Waals surface area contributed by atoms with E-state index in [1.165, 1.54) is 16.3 Å². The lowest BCUT2D eigenvalue weighted by Gasteiger charge is -2.28. The number of benzene rings is 3. The molecule has 2 N–H and O–H groups in total. The molecule has 27 heavy (non-hydrogen) atoms. The van der Waals surface area contributed by atoms with E-state index >= 15 is 0 Å². The minimum absolute atomic E-state index is 0.0316. The molecule has 3 aromatic carbocycles. The fraction of sp³-hybridized carbons (Fsp3) is 0.261. The molecule has 0 aliphatic carbocycles. The molecular formula is C23H26N2O2. The van der Waals surface area contributed by atoms with Crippen LogP contribution in [0.4, 0.5) is 0 Å². The van der Waals surface area contributed by atoms with E-state index in [-0.39, 0.29) is 24.5 Å². The lowest BCUT2D eigenvalue weighted by Crippen LogP contribution is -2.29. The predicted molar refractivity (Wildman–Crippen MR) is 110 cm³/mol. The first-order valence-electron chi connectivity index (χ1n) is 9.23. The zero-order valence-electron chi connectivity index (χ0n) is 15.8. The number of amides is 1. The lowest BCUT2D eigenvalue weighted by atomic mass is 9.87. The summed E-state index contributed by atoms with van der Waals surface area (Å²) in [6.45, 7) is 0.773. The number of nitrogens with one attached hydrogen (secondary N) is 2. The lowest BCUT2D eigenvalue weighted by molar-refractivity contribution is -0.127. The van der Waals surface area contributed by atoms with Crippen LogP contribution in [0.1, 0.15) is 23.1 Å². The van der Waals surface area contributed by atoms with E-state index < -0.39 is 0 Å². The van der Waals surface area contributed by atoms with Crippen molar-refractivity contribution < 1.29 is 9.53 Å². The van der Waals surface area contributed by atoms with Crippen molar-refractivity contribution in [2.45, 2.75) is 12.0 Å². The van der Waals surface area contributed by atoms with Gasteiger partial charge in [0, 0.05) is 19.5 Å². The molecule has 0 radical (unpaired) electrons. The third kappa shape index (κ3) is 4.73. The molecule has 0 unspecified atom stereocenters. The van der Waals surface area contributed by atoms with Gasteiger partial charge in [0.2, 0.25) is 5.91 Å². The molecule has 0 aliphatic rings. The molecule has 2 atom stereocenters. The second-order valence-electron chi connectivity index (χ2n) is 6.59.